The Morgan fingerprint density at radius 1 is 1.52 bits per heavy atom. The highest BCUT2D eigenvalue weighted by molar-refractivity contribution is 14.0. The minimum Gasteiger partial charge on any atom is -0.383 e. The fourth-order valence-corrected chi connectivity index (χ4v) is 5.07. The van der Waals surface area contributed by atoms with E-state index in [0.717, 1.165) is 4.88 Å². The second-order valence-electron chi connectivity index (χ2n) is 5.83. The molecule has 3 N–H and O–H groups in total. The molecule has 2 rings (SSSR count). The summed E-state index contributed by atoms with van der Waals surface area (Å²) in [4.78, 5) is 4.99. The van der Waals surface area contributed by atoms with Gasteiger partial charge in [0.2, 0.25) is 0 Å². The summed E-state index contributed by atoms with van der Waals surface area (Å²) in [6.45, 7) is 2.65. The maximum Gasteiger partial charge on any atom is 0.191 e. The van der Waals surface area contributed by atoms with Crippen molar-refractivity contribution < 1.29 is 13.5 Å². The summed E-state index contributed by atoms with van der Waals surface area (Å²) < 4.78 is 22.9. The number of rotatable bonds is 5. The lowest BCUT2D eigenvalue weighted by Crippen LogP contribution is -2.45. The molecule has 2 atom stereocenters. The van der Waals surface area contributed by atoms with Gasteiger partial charge in [-0.1, -0.05) is 6.07 Å². The van der Waals surface area contributed by atoms with Gasteiger partial charge in [0.1, 0.15) is 5.60 Å². The summed E-state index contributed by atoms with van der Waals surface area (Å²) in [5.74, 6) is 1.21. The molecule has 6 nitrogen and oxygen atoms in total. The zero-order valence-corrected chi connectivity index (χ0v) is 17.2. The van der Waals surface area contributed by atoms with Crippen LogP contribution in [0.4, 0.5) is 0 Å². The van der Waals surface area contributed by atoms with Gasteiger partial charge < -0.3 is 15.7 Å². The molecule has 23 heavy (non-hydrogen) atoms. The van der Waals surface area contributed by atoms with Crippen molar-refractivity contribution in [2.45, 2.75) is 18.9 Å². The zero-order chi connectivity index (χ0) is 16.2. The van der Waals surface area contributed by atoms with E-state index in [-0.39, 0.29) is 41.4 Å². The molecule has 1 fully saturated rings. The third kappa shape index (κ3) is 6.20. The quantitative estimate of drug-likeness (QED) is 0.340. The molecular weight excluding hydrogens is 449 g/mol. The molecule has 2 unspecified atom stereocenters. The van der Waals surface area contributed by atoms with Crippen LogP contribution < -0.4 is 10.6 Å². The van der Waals surface area contributed by atoms with E-state index in [4.69, 9.17) is 0 Å². The predicted molar refractivity (Wildman–Crippen MR) is 105 cm³/mol. The number of hydrogen-bond acceptors (Lipinski definition) is 5. The van der Waals surface area contributed by atoms with E-state index < -0.39 is 15.4 Å². The normalized spacial score (nSPS) is 22.9. The summed E-state index contributed by atoms with van der Waals surface area (Å²) in [5, 5.41) is 18.6. The van der Waals surface area contributed by atoms with Crippen LogP contribution in [0.15, 0.2) is 22.5 Å². The summed E-state index contributed by atoms with van der Waals surface area (Å²) >= 11 is 1.51. The van der Waals surface area contributed by atoms with E-state index in [1.165, 1.54) is 11.3 Å². The van der Waals surface area contributed by atoms with Crippen LogP contribution >= 0.6 is 35.3 Å². The molecule has 1 aromatic rings. The molecule has 1 saturated heterocycles. The highest BCUT2D eigenvalue weighted by Gasteiger charge is 2.28. The number of nitrogens with one attached hydrogen (secondary N) is 2. The van der Waals surface area contributed by atoms with Crippen molar-refractivity contribution in [2.24, 2.45) is 10.9 Å². The van der Waals surface area contributed by atoms with Gasteiger partial charge in [0.25, 0.3) is 0 Å². The van der Waals surface area contributed by atoms with Gasteiger partial charge in [-0.25, -0.2) is 8.42 Å². The van der Waals surface area contributed by atoms with Gasteiger partial charge in [0, 0.05) is 18.5 Å². The summed E-state index contributed by atoms with van der Waals surface area (Å²) in [6.07, 6.45) is 0.694. The second-order valence-corrected chi connectivity index (χ2v) is 9.00. The molecule has 2 heterocycles. The first-order valence-corrected chi connectivity index (χ1v) is 9.94. The summed E-state index contributed by atoms with van der Waals surface area (Å²) in [6, 6.07) is 3.80. The number of aliphatic imine (C=N–C) groups is 1. The molecule has 0 radical (unpaired) electrons. The lowest BCUT2D eigenvalue weighted by Gasteiger charge is -2.24. The molecule has 132 valence electrons. The van der Waals surface area contributed by atoms with Crippen molar-refractivity contribution in [1.82, 2.24) is 10.6 Å². The molecule has 0 aliphatic carbocycles. The van der Waals surface area contributed by atoms with E-state index >= 15 is 0 Å². The molecule has 1 aromatic heterocycles. The van der Waals surface area contributed by atoms with Crippen LogP contribution in [0.3, 0.4) is 0 Å². The van der Waals surface area contributed by atoms with E-state index in [9.17, 15) is 13.5 Å². The molecule has 9 heteroatoms. The van der Waals surface area contributed by atoms with Crippen molar-refractivity contribution in [3.8, 4) is 0 Å². The average molecular weight is 473 g/mol. The monoisotopic (exact) mass is 473 g/mol. The van der Waals surface area contributed by atoms with Gasteiger partial charge in [-0.05, 0) is 30.7 Å². The largest absolute Gasteiger partial charge is 0.383 e. The van der Waals surface area contributed by atoms with Gasteiger partial charge in [-0.15, -0.1) is 35.3 Å². The minimum absolute atomic E-state index is 0. The fraction of sp³-hybridized carbons (Fsp3) is 0.643. The Bertz CT molecular complexity index is 615. The molecule has 0 aromatic carbocycles. The van der Waals surface area contributed by atoms with Crippen molar-refractivity contribution in [2.75, 3.05) is 31.6 Å². The number of halogens is 1. The predicted octanol–water partition coefficient (Wildman–Crippen LogP) is 1.17. The van der Waals surface area contributed by atoms with Crippen molar-refractivity contribution in [3.05, 3.63) is 22.4 Å². The third-order valence-electron chi connectivity index (χ3n) is 3.76. The maximum absolute atomic E-state index is 11.4. The van der Waals surface area contributed by atoms with E-state index in [2.05, 4.69) is 15.6 Å². The molecule has 0 amide bonds. The Labute approximate surface area is 158 Å². The van der Waals surface area contributed by atoms with Gasteiger partial charge in [0.05, 0.1) is 18.1 Å². The Balaban J connectivity index is 0.00000264. The van der Waals surface area contributed by atoms with Crippen LogP contribution in [0.25, 0.3) is 0 Å². The van der Waals surface area contributed by atoms with Crippen LogP contribution in [0.2, 0.25) is 0 Å². The van der Waals surface area contributed by atoms with Crippen molar-refractivity contribution in [1.29, 1.82) is 0 Å². The number of sulfone groups is 1. The Morgan fingerprint density at radius 3 is 2.78 bits per heavy atom. The first-order chi connectivity index (χ1) is 10.3. The maximum atomic E-state index is 11.4. The Kier molecular flexibility index (Phi) is 7.75. The first-order valence-electron chi connectivity index (χ1n) is 7.24. The summed E-state index contributed by atoms with van der Waals surface area (Å²) in [5.41, 5.74) is -0.970. The van der Waals surface area contributed by atoms with Crippen LogP contribution in [-0.2, 0) is 15.4 Å². The van der Waals surface area contributed by atoms with Crippen LogP contribution in [-0.4, -0.2) is 51.1 Å². The van der Waals surface area contributed by atoms with Crippen LogP contribution in [0, 0.1) is 5.92 Å². The minimum atomic E-state index is -2.85. The lowest BCUT2D eigenvalue weighted by atomic mass is 10.1. The number of hydrogen-bond donors (Lipinski definition) is 3. The molecule has 1 aliphatic heterocycles. The Morgan fingerprint density at radius 2 is 2.26 bits per heavy atom. The summed E-state index contributed by atoms with van der Waals surface area (Å²) in [7, 11) is -1.20. The highest BCUT2D eigenvalue weighted by Crippen LogP contribution is 2.24. The number of aliphatic hydroxyl groups is 1. The van der Waals surface area contributed by atoms with Crippen LogP contribution in [0.5, 0.6) is 0 Å². The molecule has 0 bridgehead atoms. The third-order valence-corrected chi connectivity index (χ3v) is 6.72. The van der Waals surface area contributed by atoms with Gasteiger partial charge in [0.15, 0.2) is 15.8 Å². The molecular formula is C14H24IN3O3S2. The topological polar surface area (TPSA) is 90.8 Å². The average Bonchev–Trinajstić information content (AvgIpc) is 3.09. The smallest absolute Gasteiger partial charge is 0.191 e. The van der Waals surface area contributed by atoms with Crippen molar-refractivity contribution >= 4 is 51.1 Å². The fourth-order valence-electron chi connectivity index (χ4n) is 2.42. The number of thiophene rings is 1. The Hall–Kier alpha value is -0.390. The SMILES string of the molecule is CN=C(NCC1CCS(=O)(=O)C1)NCC(C)(O)c1cccs1.I. The standard InChI is InChI=1S/C14H23N3O3S2.HI/c1-14(18,12-4-3-6-21-12)10-17-13(15-2)16-8-11-5-7-22(19,20)9-11;/h3-4,6,11,18H,5,7-10H2,1-2H3,(H2,15,16,17);1H. The first kappa shape index (κ1) is 20.7. The number of nitrogens with zero attached hydrogens (tertiary/aromatic N) is 1. The lowest BCUT2D eigenvalue weighted by molar-refractivity contribution is 0.0655. The zero-order valence-electron chi connectivity index (χ0n) is 13.3. The van der Waals surface area contributed by atoms with Crippen LogP contribution in [0.1, 0.15) is 18.2 Å². The van der Waals surface area contributed by atoms with Crippen molar-refractivity contribution in [3.63, 3.8) is 0 Å². The van der Waals surface area contributed by atoms with Gasteiger partial charge in [-0.2, -0.15) is 0 Å². The number of guanidine groups is 1. The molecule has 1 aliphatic rings. The van der Waals surface area contributed by atoms with E-state index in [0.29, 0.717) is 25.5 Å². The van der Waals surface area contributed by atoms with E-state index in [1.807, 2.05) is 17.5 Å². The van der Waals surface area contributed by atoms with Gasteiger partial charge >= 0.3 is 0 Å². The van der Waals surface area contributed by atoms with E-state index in [1.54, 1.807) is 14.0 Å². The molecule has 0 spiro atoms. The highest BCUT2D eigenvalue weighted by atomic mass is 127. The van der Waals surface area contributed by atoms with Gasteiger partial charge in [-0.3, -0.25) is 4.99 Å². The molecule has 0 saturated carbocycles. The second kappa shape index (κ2) is 8.63.